The fraction of sp³-hybridized carbons (Fsp3) is 0.385. The molecule has 0 aliphatic carbocycles. The van der Waals surface area contributed by atoms with Gasteiger partial charge in [-0.05, 0) is 37.1 Å². The van der Waals surface area contributed by atoms with Gasteiger partial charge in [0.1, 0.15) is 5.82 Å². The molecule has 0 amide bonds. The molecule has 100 valence electrons. The fourth-order valence-corrected chi connectivity index (χ4v) is 2.26. The maximum atomic E-state index is 12.9. The Balaban J connectivity index is 1.77. The molecule has 5 nitrogen and oxygen atoms in total. The Morgan fingerprint density at radius 1 is 1.16 bits per heavy atom. The SMILES string of the molecule is NN1CCC(c2nnc(-c3ccc(F)cc3)o2)CC1. The maximum absolute atomic E-state index is 12.9. The third kappa shape index (κ3) is 2.64. The van der Waals surface area contributed by atoms with E-state index in [1.54, 1.807) is 17.1 Å². The third-order valence-corrected chi connectivity index (χ3v) is 3.41. The van der Waals surface area contributed by atoms with Gasteiger partial charge in [0.25, 0.3) is 0 Å². The van der Waals surface area contributed by atoms with Crippen LogP contribution in [0.3, 0.4) is 0 Å². The number of benzene rings is 1. The van der Waals surface area contributed by atoms with E-state index in [1.807, 2.05) is 0 Å². The number of hydrogen-bond acceptors (Lipinski definition) is 5. The van der Waals surface area contributed by atoms with Crippen LogP contribution in [0.15, 0.2) is 28.7 Å². The van der Waals surface area contributed by atoms with Crippen LogP contribution < -0.4 is 5.84 Å². The lowest BCUT2D eigenvalue weighted by Crippen LogP contribution is -2.38. The molecule has 1 aliphatic rings. The van der Waals surface area contributed by atoms with E-state index in [1.165, 1.54) is 12.1 Å². The first-order valence-corrected chi connectivity index (χ1v) is 6.31. The molecule has 0 atom stereocenters. The molecule has 2 N–H and O–H groups in total. The highest BCUT2D eigenvalue weighted by Crippen LogP contribution is 2.28. The second kappa shape index (κ2) is 5.07. The van der Waals surface area contributed by atoms with E-state index < -0.39 is 0 Å². The molecule has 1 fully saturated rings. The molecule has 1 aliphatic heterocycles. The van der Waals surface area contributed by atoms with Crippen molar-refractivity contribution in [3.05, 3.63) is 36.0 Å². The smallest absolute Gasteiger partial charge is 0.247 e. The van der Waals surface area contributed by atoms with E-state index in [4.69, 9.17) is 10.3 Å². The van der Waals surface area contributed by atoms with Crippen molar-refractivity contribution in [1.29, 1.82) is 0 Å². The molecule has 1 aromatic carbocycles. The summed E-state index contributed by atoms with van der Waals surface area (Å²) in [6.45, 7) is 1.66. The monoisotopic (exact) mass is 262 g/mol. The quantitative estimate of drug-likeness (QED) is 0.837. The highest BCUT2D eigenvalue weighted by molar-refractivity contribution is 5.51. The van der Waals surface area contributed by atoms with Crippen molar-refractivity contribution >= 4 is 0 Å². The zero-order valence-electron chi connectivity index (χ0n) is 10.4. The molecular formula is C13H15FN4O. The van der Waals surface area contributed by atoms with Gasteiger partial charge in [-0.1, -0.05) is 0 Å². The standard InChI is InChI=1S/C13H15FN4O/c14-11-3-1-9(2-4-11)12-16-17-13(19-12)10-5-7-18(15)8-6-10/h1-4,10H,5-8,15H2. The van der Waals surface area contributed by atoms with E-state index >= 15 is 0 Å². The van der Waals surface area contributed by atoms with Crippen molar-refractivity contribution in [2.75, 3.05) is 13.1 Å². The number of hydrogen-bond donors (Lipinski definition) is 1. The first-order valence-electron chi connectivity index (χ1n) is 6.31. The van der Waals surface area contributed by atoms with Crippen molar-refractivity contribution in [3.63, 3.8) is 0 Å². The average molecular weight is 262 g/mol. The largest absolute Gasteiger partial charge is 0.420 e. The molecule has 0 radical (unpaired) electrons. The van der Waals surface area contributed by atoms with Crippen LogP contribution >= 0.6 is 0 Å². The van der Waals surface area contributed by atoms with Crippen molar-refractivity contribution in [3.8, 4) is 11.5 Å². The maximum Gasteiger partial charge on any atom is 0.247 e. The summed E-state index contributed by atoms with van der Waals surface area (Å²) in [6, 6.07) is 6.03. The molecule has 3 rings (SSSR count). The second-order valence-corrected chi connectivity index (χ2v) is 4.76. The predicted octanol–water partition coefficient (Wildman–Crippen LogP) is 1.93. The number of piperidine rings is 1. The fourth-order valence-electron chi connectivity index (χ4n) is 2.26. The van der Waals surface area contributed by atoms with Crippen LogP contribution in [-0.2, 0) is 0 Å². The molecule has 1 saturated heterocycles. The zero-order chi connectivity index (χ0) is 13.2. The van der Waals surface area contributed by atoms with Crippen LogP contribution in [0, 0.1) is 5.82 Å². The van der Waals surface area contributed by atoms with Gasteiger partial charge in [0.2, 0.25) is 11.8 Å². The number of halogens is 1. The summed E-state index contributed by atoms with van der Waals surface area (Å²) in [4.78, 5) is 0. The number of hydrazine groups is 1. The zero-order valence-corrected chi connectivity index (χ0v) is 10.4. The topological polar surface area (TPSA) is 68.2 Å². The molecule has 2 heterocycles. The van der Waals surface area contributed by atoms with Crippen molar-refractivity contribution in [1.82, 2.24) is 15.2 Å². The van der Waals surface area contributed by atoms with Gasteiger partial charge in [-0.3, -0.25) is 5.84 Å². The minimum atomic E-state index is -0.279. The Morgan fingerprint density at radius 2 is 1.84 bits per heavy atom. The summed E-state index contributed by atoms with van der Waals surface area (Å²) in [5, 5.41) is 9.92. The molecule has 6 heteroatoms. The van der Waals surface area contributed by atoms with Gasteiger partial charge in [-0.15, -0.1) is 10.2 Å². The van der Waals surface area contributed by atoms with Crippen LogP contribution in [0.1, 0.15) is 24.7 Å². The van der Waals surface area contributed by atoms with Gasteiger partial charge >= 0.3 is 0 Å². The lowest BCUT2D eigenvalue weighted by atomic mass is 9.98. The van der Waals surface area contributed by atoms with Crippen LogP contribution in [-0.4, -0.2) is 28.3 Å². The van der Waals surface area contributed by atoms with Crippen molar-refractivity contribution in [2.24, 2.45) is 5.84 Å². The Morgan fingerprint density at radius 3 is 2.53 bits per heavy atom. The number of aromatic nitrogens is 2. The molecule has 0 bridgehead atoms. The predicted molar refractivity (Wildman–Crippen MR) is 67.4 cm³/mol. The van der Waals surface area contributed by atoms with E-state index in [-0.39, 0.29) is 11.7 Å². The Bertz CT molecular complexity index is 546. The summed E-state index contributed by atoms with van der Waals surface area (Å²) < 4.78 is 18.5. The van der Waals surface area contributed by atoms with Gasteiger partial charge in [0, 0.05) is 24.6 Å². The van der Waals surface area contributed by atoms with E-state index in [9.17, 15) is 4.39 Å². The number of rotatable bonds is 2. The molecule has 1 aromatic heterocycles. The van der Waals surface area contributed by atoms with Crippen molar-refractivity contribution in [2.45, 2.75) is 18.8 Å². The number of nitrogens with zero attached hydrogens (tertiary/aromatic N) is 3. The van der Waals surface area contributed by atoms with E-state index in [0.717, 1.165) is 31.5 Å². The summed E-state index contributed by atoms with van der Waals surface area (Å²) in [7, 11) is 0. The lowest BCUT2D eigenvalue weighted by Gasteiger charge is -2.26. The minimum absolute atomic E-state index is 0.265. The summed E-state index contributed by atoms with van der Waals surface area (Å²) >= 11 is 0. The van der Waals surface area contributed by atoms with E-state index in [0.29, 0.717) is 11.8 Å². The summed E-state index contributed by atoms with van der Waals surface area (Å²) in [5.74, 6) is 6.78. The van der Waals surface area contributed by atoms with Crippen LogP contribution in [0.25, 0.3) is 11.5 Å². The van der Waals surface area contributed by atoms with Gasteiger partial charge < -0.3 is 4.42 Å². The highest BCUT2D eigenvalue weighted by Gasteiger charge is 2.23. The normalized spacial score (nSPS) is 17.8. The molecule has 19 heavy (non-hydrogen) atoms. The van der Waals surface area contributed by atoms with E-state index in [2.05, 4.69) is 10.2 Å². The molecule has 0 spiro atoms. The summed E-state index contributed by atoms with van der Waals surface area (Å²) in [5.41, 5.74) is 0.733. The highest BCUT2D eigenvalue weighted by atomic mass is 19.1. The minimum Gasteiger partial charge on any atom is -0.420 e. The van der Waals surface area contributed by atoms with Gasteiger partial charge in [0.15, 0.2) is 0 Å². The first-order chi connectivity index (χ1) is 9.22. The third-order valence-electron chi connectivity index (χ3n) is 3.41. The molecular weight excluding hydrogens is 247 g/mol. The summed E-state index contributed by atoms with van der Waals surface area (Å²) in [6.07, 6.45) is 1.84. The van der Waals surface area contributed by atoms with Gasteiger partial charge in [0.05, 0.1) is 0 Å². The Labute approximate surface area is 110 Å². The lowest BCUT2D eigenvalue weighted by molar-refractivity contribution is 0.204. The van der Waals surface area contributed by atoms with Crippen LogP contribution in [0.2, 0.25) is 0 Å². The average Bonchev–Trinajstić information content (AvgIpc) is 2.90. The van der Waals surface area contributed by atoms with Crippen molar-refractivity contribution < 1.29 is 8.81 Å². The number of nitrogens with two attached hydrogens (primary N) is 1. The Kier molecular flexibility index (Phi) is 3.27. The Hall–Kier alpha value is -1.79. The van der Waals surface area contributed by atoms with Crippen LogP contribution in [0.4, 0.5) is 4.39 Å². The van der Waals surface area contributed by atoms with Gasteiger partial charge in [-0.2, -0.15) is 0 Å². The molecule has 0 unspecified atom stereocenters. The van der Waals surface area contributed by atoms with Crippen LogP contribution in [0.5, 0.6) is 0 Å². The molecule has 0 saturated carbocycles. The first kappa shape index (κ1) is 12.3. The second-order valence-electron chi connectivity index (χ2n) is 4.76. The van der Waals surface area contributed by atoms with Gasteiger partial charge in [-0.25, -0.2) is 9.40 Å². The molecule has 2 aromatic rings.